The van der Waals surface area contributed by atoms with Crippen LogP contribution in [0, 0.1) is 0 Å². The third-order valence-electron chi connectivity index (χ3n) is 6.46. The second kappa shape index (κ2) is 5.70. The van der Waals surface area contributed by atoms with Gasteiger partial charge in [0.05, 0.1) is 16.7 Å². The van der Waals surface area contributed by atoms with Gasteiger partial charge in [-0.05, 0) is 46.9 Å². The van der Waals surface area contributed by atoms with Crippen molar-refractivity contribution in [3.05, 3.63) is 111 Å². The number of hydrogen-bond donors (Lipinski definition) is 2. The van der Waals surface area contributed by atoms with Crippen molar-refractivity contribution in [2.45, 2.75) is 6.42 Å². The number of hydrogen-bond acceptors (Lipinski definition) is 3. The minimum Gasteiger partial charge on any atom is -0.354 e. The minimum absolute atomic E-state index is 0.136. The van der Waals surface area contributed by atoms with Gasteiger partial charge in [-0.25, -0.2) is 0 Å². The van der Waals surface area contributed by atoms with Gasteiger partial charge >= 0.3 is 0 Å². The monoisotopic (exact) mass is 400 g/mol. The Morgan fingerprint density at radius 2 is 1.45 bits per heavy atom. The van der Waals surface area contributed by atoms with Crippen molar-refractivity contribution in [2.24, 2.45) is 0 Å². The first-order chi connectivity index (χ1) is 15.2. The molecule has 0 saturated heterocycles. The summed E-state index contributed by atoms with van der Waals surface area (Å²) in [4.78, 5) is 29.5. The van der Waals surface area contributed by atoms with Gasteiger partial charge in [-0.3, -0.25) is 9.59 Å². The Morgan fingerprint density at radius 3 is 2.19 bits per heavy atom. The molecule has 4 heteroatoms. The van der Waals surface area contributed by atoms with E-state index in [1.54, 1.807) is 18.2 Å². The first kappa shape index (κ1) is 16.6. The Morgan fingerprint density at radius 1 is 0.742 bits per heavy atom. The molecule has 2 aromatic carbocycles. The minimum atomic E-state index is -0.148. The van der Waals surface area contributed by atoms with Gasteiger partial charge in [0.1, 0.15) is 0 Å². The number of H-pyrrole nitrogens is 1. The van der Waals surface area contributed by atoms with E-state index >= 15 is 0 Å². The molecule has 0 unspecified atom stereocenters. The zero-order valence-corrected chi connectivity index (χ0v) is 16.5. The molecule has 0 spiro atoms. The molecule has 0 fully saturated rings. The number of aromatic amines is 1. The summed E-state index contributed by atoms with van der Waals surface area (Å²) < 4.78 is 0. The first-order valence-electron chi connectivity index (χ1n) is 10.3. The van der Waals surface area contributed by atoms with Crippen LogP contribution in [0.25, 0.3) is 28.6 Å². The van der Waals surface area contributed by atoms with Gasteiger partial charge in [-0.1, -0.05) is 48.5 Å². The number of nitrogens with one attached hydrogen (secondary N) is 2. The maximum absolute atomic E-state index is 13.2. The van der Waals surface area contributed by atoms with Crippen molar-refractivity contribution in [1.29, 1.82) is 0 Å². The highest BCUT2D eigenvalue weighted by molar-refractivity contribution is 6.41. The van der Waals surface area contributed by atoms with Gasteiger partial charge < -0.3 is 10.3 Å². The zero-order chi connectivity index (χ0) is 20.7. The number of carbonyl (C=O) groups excluding carboxylic acids is 2. The first-order valence-corrected chi connectivity index (χ1v) is 10.3. The van der Waals surface area contributed by atoms with Gasteiger partial charge in [0.15, 0.2) is 11.6 Å². The van der Waals surface area contributed by atoms with Crippen LogP contribution in [-0.4, -0.2) is 16.6 Å². The second-order valence-electron chi connectivity index (χ2n) is 8.33. The quantitative estimate of drug-likeness (QED) is 0.610. The fraction of sp³-hybridized carbons (Fsp3) is 0.0370. The predicted molar refractivity (Wildman–Crippen MR) is 119 cm³/mol. The number of benzene rings is 2. The van der Waals surface area contributed by atoms with E-state index in [0.717, 1.165) is 50.8 Å². The SMILES string of the molecule is O=C1C=CC2=CC1=C1C(=O)C=c3[nH]c4c1c3=C(N2)c1ccc(cc1)Cc1ccc-4cc1. The lowest BCUT2D eigenvalue weighted by molar-refractivity contribution is -0.112. The van der Waals surface area contributed by atoms with Crippen LogP contribution < -0.4 is 15.9 Å². The van der Waals surface area contributed by atoms with Crippen LogP contribution in [-0.2, 0) is 16.0 Å². The van der Waals surface area contributed by atoms with Crippen molar-refractivity contribution in [3.63, 3.8) is 0 Å². The Labute approximate surface area is 177 Å². The molecule has 0 atom stereocenters. The van der Waals surface area contributed by atoms with Gasteiger partial charge in [0, 0.05) is 33.7 Å². The van der Waals surface area contributed by atoms with E-state index in [1.807, 2.05) is 0 Å². The van der Waals surface area contributed by atoms with Crippen LogP contribution in [0.15, 0.2) is 78.0 Å². The number of carbonyl (C=O) groups is 2. The van der Waals surface area contributed by atoms with Crippen LogP contribution in [0.5, 0.6) is 0 Å². The van der Waals surface area contributed by atoms with Crippen LogP contribution in [0.1, 0.15) is 22.3 Å². The summed E-state index contributed by atoms with van der Waals surface area (Å²) in [6.45, 7) is 0. The van der Waals surface area contributed by atoms with E-state index in [-0.39, 0.29) is 11.6 Å². The van der Waals surface area contributed by atoms with Crippen molar-refractivity contribution < 1.29 is 9.59 Å². The van der Waals surface area contributed by atoms with Crippen molar-refractivity contribution >= 4 is 28.9 Å². The molecule has 3 aromatic rings. The van der Waals surface area contributed by atoms with Crippen molar-refractivity contribution in [2.75, 3.05) is 0 Å². The summed E-state index contributed by atoms with van der Waals surface area (Å²) in [6, 6.07) is 17.0. The predicted octanol–water partition coefficient (Wildman–Crippen LogP) is 2.49. The van der Waals surface area contributed by atoms with Crippen molar-refractivity contribution in [1.82, 2.24) is 10.3 Å². The molecule has 0 saturated carbocycles. The summed E-state index contributed by atoms with van der Waals surface area (Å²) in [7, 11) is 0. The third-order valence-corrected chi connectivity index (χ3v) is 6.46. The lowest BCUT2D eigenvalue weighted by atomic mass is 9.85. The van der Waals surface area contributed by atoms with Crippen molar-refractivity contribution in [3.8, 4) is 11.3 Å². The molecule has 0 radical (unpaired) electrons. The van der Waals surface area contributed by atoms with E-state index in [4.69, 9.17) is 0 Å². The molecule has 1 aliphatic heterocycles. The molecule has 12 bridgehead atoms. The van der Waals surface area contributed by atoms with E-state index < -0.39 is 0 Å². The van der Waals surface area contributed by atoms with E-state index in [1.165, 1.54) is 17.2 Å². The molecule has 31 heavy (non-hydrogen) atoms. The van der Waals surface area contributed by atoms with E-state index in [0.29, 0.717) is 11.1 Å². The molecule has 6 aliphatic carbocycles. The Kier molecular flexibility index (Phi) is 3.05. The third kappa shape index (κ3) is 2.24. The summed E-state index contributed by atoms with van der Waals surface area (Å²) in [6.07, 6.45) is 7.59. The maximum Gasteiger partial charge on any atom is 0.189 e. The molecular weight excluding hydrogens is 384 g/mol. The number of aromatic nitrogens is 1. The van der Waals surface area contributed by atoms with Crippen LogP contribution in [0.4, 0.5) is 0 Å². The highest BCUT2D eigenvalue weighted by Crippen LogP contribution is 2.34. The molecule has 10 rings (SSSR count). The molecule has 146 valence electrons. The molecule has 7 aliphatic rings. The molecule has 0 amide bonds. The smallest absolute Gasteiger partial charge is 0.189 e. The van der Waals surface area contributed by atoms with E-state index in [2.05, 4.69) is 58.8 Å². The summed E-state index contributed by atoms with van der Waals surface area (Å²) in [5, 5.41) is 5.25. The molecule has 4 nitrogen and oxygen atoms in total. The number of ketones is 2. The average Bonchev–Trinajstić information content (AvgIpc) is 3.05. The molecular formula is C27H16N2O2. The summed E-state index contributed by atoms with van der Waals surface area (Å²) >= 11 is 0. The van der Waals surface area contributed by atoms with Gasteiger partial charge in [0.2, 0.25) is 0 Å². The Balaban J connectivity index is 1.74. The Bertz CT molecular complexity index is 1570. The van der Waals surface area contributed by atoms with Gasteiger partial charge in [0.25, 0.3) is 0 Å². The van der Waals surface area contributed by atoms with Gasteiger partial charge in [-0.15, -0.1) is 0 Å². The standard InChI is InChI=1S/C27H16N2O2/c30-21-10-9-18-12-19(21)23-22(31)13-20-24-25(23)27(29-20)17-7-3-15(4-8-17)11-14-1-5-16(6-2-14)26(24)28-18/h1-10,12-13,28-29H,11H2. The highest BCUT2D eigenvalue weighted by atomic mass is 16.1. The number of Topliss-reactive ketones (excluding diaryl/α,β-unsaturated/α-hetero) is 1. The zero-order valence-electron chi connectivity index (χ0n) is 16.5. The number of rotatable bonds is 0. The lowest BCUT2D eigenvalue weighted by Crippen LogP contribution is -2.38. The topological polar surface area (TPSA) is 62.0 Å². The molecule has 2 N–H and O–H groups in total. The summed E-state index contributed by atoms with van der Waals surface area (Å²) in [5.41, 5.74) is 8.82. The molecule has 2 heterocycles. The highest BCUT2D eigenvalue weighted by Gasteiger charge is 2.32. The number of allylic oxidation sites excluding steroid dienone is 5. The maximum atomic E-state index is 13.2. The largest absolute Gasteiger partial charge is 0.354 e. The van der Waals surface area contributed by atoms with Crippen LogP contribution in [0.3, 0.4) is 0 Å². The van der Waals surface area contributed by atoms with Crippen LogP contribution in [0.2, 0.25) is 0 Å². The lowest BCUT2D eigenvalue weighted by Gasteiger charge is -2.22. The normalized spacial score (nSPS) is 17.4. The number of fused-ring (bicyclic) bond motifs is 1. The van der Waals surface area contributed by atoms with E-state index in [9.17, 15) is 9.59 Å². The summed E-state index contributed by atoms with van der Waals surface area (Å²) in [5.74, 6) is -0.284. The fourth-order valence-electron chi connectivity index (χ4n) is 4.99. The van der Waals surface area contributed by atoms with Gasteiger partial charge in [-0.2, -0.15) is 0 Å². The fourth-order valence-corrected chi connectivity index (χ4v) is 4.99. The average molecular weight is 400 g/mol. The van der Waals surface area contributed by atoms with Crippen LogP contribution >= 0.6 is 0 Å². The Hall–Kier alpha value is -4.18. The molecule has 1 aromatic heterocycles. The second-order valence-corrected chi connectivity index (χ2v) is 8.33.